The van der Waals surface area contributed by atoms with Crippen molar-refractivity contribution in [2.45, 2.75) is 32.3 Å². The second kappa shape index (κ2) is 16.5. The molecule has 1 saturated carbocycles. The fourth-order valence-electron chi connectivity index (χ4n) is 3.24. The van der Waals surface area contributed by atoms with Crippen LogP contribution >= 0.6 is 0 Å². The van der Waals surface area contributed by atoms with E-state index in [0.29, 0.717) is 70.3 Å². The van der Waals surface area contributed by atoms with Crippen LogP contribution in [0.25, 0.3) is 11.4 Å². The number of benzene rings is 1. The van der Waals surface area contributed by atoms with E-state index in [0.717, 1.165) is 5.56 Å². The number of hydrogen-bond donors (Lipinski definition) is 0. The summed E-state index contributed by atoms with van der Waals surface area (Å²) in [5, 5.41) is 15.8. The van der Waals surface area contributed by atoms with Gasteiger partial charge in [0, 0.05) is 18.4 Å². The number of aryl methyl sites for hydroxylation is 1. The number of ketones is 2. The third kappa shape index (κ3) is 10.5. The van der Waals surface area contributed by atoms with Gasteiger partial charge in [0.2, 0.25) is 11.9 Å². The summed E-state index contributed by atoms with van der Waals surface area (Å²) in [6.45, 7) is 5.01. The quantitative estimate of drug-likeness (QED) is 0.152. The van der Waals surface area contributed by atoms with E-state index in [2.05, 4.69) is 20.4 Å². The standard InChI is InChI=1S/C25H32N4O9/c1-18-26-28-25(29-27-18)19-2-4-20(5-3-19)37-17-16-36-15-14-35-13-12-34-11-10-33-9-8-23(32)38-24-21(30)6-7-22(24)31/h2-5,24H,6-17H2,1H3. The van der Waals surface area contributed by atoms with Gasteiger partial charge in [0.1, 0.15) is 12.4 Å². The molecule has 1 heterocycles. The van der Waals surface area contributed by atoms with Crippen molar-refractivity contribution in [1.29, 1.82) is 0 Å². The maximum Gasteiger partial charge on any atom is 0.309 e. The number of nitrogens with zero attached hydrogens (tertiary/aromatic N) is 4. The molecule has 0 bridgehead atoms. The monoisotopic (exact) mass is 532 g/mol. The molecule has 206 valence electrons. The predicted octanol–water partition coefficient (Wildman–Crippen LogP) is 0.921. The normalized spacial score (nSPS) is 13.7. The summed E-state index contributed by atoms with van der Waals surface area (Å²) >= 11 is 0. The summed E-state index contributed by atoms with van der Waals surface area (Å²) < 4.78 is 32.1. The molecule has 3 rings (SSSR count). The molecular formula is C25H32N4O9. The molecule has 0 N–H and O–H groups in total. The number of esters is 1. The van der Waals surface area contributed by atoms with Gasteiger partial charge in [0.25, 0.3) is 0 Å². The van der Waals surface area contributed by atoms with Gasteiger partial charge < -0.3 is 28.4 Å². The van der Waals surface area contributed by atoms with E-state index in [9.17, 15) is 14.4 Å². The lowest BCUT2D eigenvalue weighted by Crippen LogP contribution is -2.28. The summed E-state index contributed by atoms with van der Waals surface area (Å²) in [6, 6.07) is 7.33. The first-order chi connectivity index (χ1) is 18.5. The van der Waals surface area contributed by atoms with Crippen LogP contribution in [0, 0.1) is 6.92 Å². The number of rotatable bonds is 18. The number of ether oxygens (including phenoxy) is 6. The van der Waals surface area contributed by atoms with Gasteiger partial charge in [-0.05, 0) is 31.2 Å². The van der Waals surface area contributed by atoms with Crippen molar-refractivity contribution in [1.82, 2.24) is 20.4 Å². The van der Waals surface area contributed by atoms with Gasteiger partial charge in [-0.3, -0.25) is 14.4 Å². The van der Waals surface area contributed by atoms with Crippen molar-refractivity contribution in [2.75, 3.05) is 59.5 Å². The molecule has 0 amide bonds. The van der Waals surface area contributed by atoms with Crippen LogP contribution in [-0.2, 0) is 38.1 Å². The van der Waals surface area contributed by atoms with Crippen molar-refractivity contribution in [3.05, 3.63) is 30.1 Å². The van der Waals surface area contributed by atoms with E-state index in [4.69, 9.17) is 28.4 Å². The zero-order chi connectivity index (χ0) is 27.0. The van der Waals surface area contributed by atoms with E-state index < -0.39 is 12.1 Å². The first kappa shape index (κ1) is 29.2. The number of carbonyl (C=O) groups excluding carboxylic acids is 3. The molecule has 1 fully saturated rings. The number of carbonyl (C=O) groups is 3. The van der Waals surface area contributed by atoms with E-state index in [1.165, 1.54) is 0 Å². The minimum Gasteiger partial charge on any atom is -0.491 e. The van der Waals surface area contributed by atoms with Crippen LogP contribution in [0.4, 0.5) is 0 Å². The first-order valence-electron chi connectivity index (χ1n) is 12.4. The molecule has 1 aliphatic carbocycles. The lowest BCUT2D eigenvalue weighted by atomic mass is 10.2. The van der Waals surface area contributed by atoms with E-state index >= 15 is 0 Å². The molecule has 1 aliphatic rings. The Morgan fingerprint density at radius 2 is 1.24 bits per heavy atom. The summed E-state index contributed by atoms with van der Waals surface area (Å²) in [7, 11) is 0. The minimum atomic E-state index is -1.23. The molecule has 0 spiro atoms. The SMILES string of the molecule is Cc1nnc(-c2ccc(OCCOCCOCCOCCOCCC(=O)OC3C(=O)CCC3=O)cc2)nn1. The predicted molar refractivity (Wildman–Crippen MR) is 130 cm³/mol. The largest absolute Gasteiger partial charge is 0.491 e. The molecule has 0 atom stereocenters. The molecule has 38 heavy (non-hydrogen) atoms. The average molecular weight is 533 g/mol. The lowest BCUT2D eigenvalue weighted by Gasteiger charge is -2.10. The Bertz CT molecular complexity index is 1000. The molecule has 0 radical (unpaired) electrons. The average Bonchev–Trinajstić information content (AvgIpc) is 3.23. The van der Waals surface area contributed by atoms with Gasteiger partial charge in [0.15, 0.2) is 17.4 Å². The molecular weight excluding hydrogens is 500 g/mol. The highest BCUT2D eigenvalue weighted by Gasteiger charge is 2.35. The second-order valence-electron chi connectivity index (χ2n) is 8.15. The van der Waals surface area contributed by atoms with Gasteiger partial charge in [-0.15, -0.1) is 20.4 Å². The van der Waals surface area contributed by atoms with Crippen LogP contribution in [0.2, 0.25) is 0 Å². The highest BCUT2D eigenvalue weighted by atomic mass is 16.6. The molecule has 13 heteroatoms. The molecule has 13 nitrogen and oxygen atoms in total. The van der Waals surface area contributed by atoms with Gasteiger partial charge in [-0.2, -0.15) is 0 Å². The zero-order valence-corrected chi connectivity index (χ0v) is 21.3. The van der Waals surface area contributed by atoms with Gasteiger partial charge >= 0.3 is 5.97 Å². The molecule has 0 aliphatic heterocycles. The summed E-state index contributed by atoms with van der Waals surface area (Å²) in [5.74, 6) is 0.374. The third-order valence-electron chi connectivity index (χ3n) is 5.21. The van der Waals surface area contributed by atoms with Crippen molar-refractivity contribution < 1.29 is 42.8 Å². The Hall–Kier alpha value is -3.39. The Morgan fingerprint density at radius 3 is 1.79 bits per heavy atom. The smallest absolute Gasteiger partial charge is 0.309 e. The molecule has 0 saturated heterocycles. The van der Waals surface area contributed by atoms with Gasteiger partial charge in [-0.25, -0.2) is 0 Å². The van der Waals surface area contributed by atoms with Crippen LogP contribution in [0.15, 0.2) is 24.3 Å². The third-order valence-corrected chi connectivity index (χ3v) is 5.21. The first-order valence-corrected chi connectivity index (χ1v) is 12.4. The second-order valence-corrected chi connectivity index (χ2v) is 8.15. The fraction of sp³-hybridized carbons (Fsp3) is 0.560. The van der Waals surface area contributed by atoms with E-state index in [-0.39, 0.29) is 37.4 Å². The summed E-state index contributed by atoms with van der Waals surface area (Å²) in [5.41, 5.74) is 0.804. The molecule has 1 aromatic heterocycles. The summed E-state index contributed by atoms with van der Waals surface area (Å²) in [6.07, 6.45) is -0.992. The van der Waals surface area contributed by atoms with Crippen LogP contribution in [0.3, 0.4) is 0 Å². The van der Waals surface area contributed by atoms with Crippen LogP contribution in [-0.4, -0.2) is 103 Å². The number of Topliss-reactive ketones (excluding diaryl/α,β-unsaturated/α-hetero) is 2. The zero-order valence-electron chi connectivity index (χ0n) is 21.3. The maximum atomic E-state index is 11.7. The molecule has 1 aromatic carbocycles. The van der Waals surface area contributed by atoms with Crippen LogP contribution in [0.1, 0.15) is 25.1 Å². The van der Waals surface area contributed by atoms with Crippen molar-refractivity contribution in [2.24, 2.45) is 0 Å². The van der Waals surface area contributed by atoms with Gasteiger partial charge in [0.05, 0.1) is 59.3 Å². The van der Waals surface area contributed by atoms with Crippen molar-refractivity contribution >= 4 is 17.5 Å². The van der Waals surface area contributed by atoms with Crippen LogP contribution in [0.5, 0.6) is 5.75 Å². The minimum absolute atomic E-state index is 0.0310. The Morgan fingerprint density at radius 1 is 0.737 bits per heavy atom. The highest BCUT2D eigenvalue weighted by Crippen LogP contribution is 2.18. The lowest BCUT2D eigenvalue weighted by molar-refractivity contribution is -0.158. The molecule has 0 unspecified atom stereocenters. The van der Waals surface area contributed by atoms with Crippen LogP contribution < -0.4 is 4.74 Å². The van der Waals surface area contributed by atoms with E-state index in [1.807, 2.05) is 24.3 Å². The van der Waals surface area contributed by atoms with E-state index in [1.54, 1.807) is 6.92 Å². The number of hydrogen-bond acceptors (Lipinski definition) is 13. The number of aromatic nitrogens is 4. The Balaban J connectivity index is 1.08. The Labute approximate surface area is 220 Å². The summed E-state index contributed by atoms with van der Waals surface area (Å²) in [4.78, 5) is 34.6. The highest BCUT2D eigenvalue weighted by molar-refractivity contribution is 6.12. The topological polar surface area (TPSA) is 158 Å². The van der Waals surface area contributed by atoms with Crippen molar-refractivity contribution in [3.63, 3.8) is 0 Å². The maximum absolute atomic E-state index is 11.7. The molecule has 2 aromatic rings. The fourth-order valence-corrected chi connectivity index (χ4v) is 3.24. The van der Waals surface area contributed by atoms with Gasteiger partial charge in [-0.1, -0.05) is 0 Å². The Kier molecular flexibility index (Phi) is 12.6. The van der Waals surface area contributed by atoms with Crippen molar-refractivity contribution in [3.8, 4) is 17.1 Å².